The summed E-state index contributed by atoms with van der Waals surface area (Å²) in [6.07, 6.45) is 7.85. The van der Waals surface area contributed by atoms with Gasteiger partial charge in [0.05, 0.1) is 17.6 Å². The van der Waals surface area contributed by atoms with Gasteiger partial charge in [-0.15, -0.1) is 0 Å². The van der Waals surface area contributed by atoms with Crippen molar-refractivity contribution in [3.8, 4) is 0 Å². The maximum absolute atomic E-state index is 12.4. The number of aromatic nitrogens is 3. The number of imidazole rings is 1. The molecule has 102 valence electrons. The number of fused-ring (bicyclic) bond motifs is 1. The van der Waals surface area contributed by atoms with Crippen LogP contribution in [0.2, 0.25) is 0 Å². The predicted molar refractivity (Wildman–Crippen MR) is 74.7 cm³/mol. The predicted octanol–water partition coefficient (Wildman–Crippen LogP) is 2.35. The van der Waals surface area contributed by atoms with Gasteiger partial charge in [-0.05, 0) is 31.4 Å². The van der Waals surface area contributed by atoms with Crippen LogP contribution in [0.3, 0.4) is 0 Å². The van der Waals surface area contributed by atoms with E-state index in [1.807, 2.05) is 16.7 Å². The maximum atomic E-state index is 12.4. The lowest BCUT2D eigenvalue weighted by atomic mass is 10.2. The zero-order chi connectivity index (χ0) is 13.5. The van der Waals surface area contributed by atoms with E-state index in [1.165, 1.54) is 12.8 Å². The average molecular weight is 268 g/mol. The molecule has 2 aliphatic rings. The van der Waals surface area contributed by atoms with Gasteiger partial charge in [0.1, 0.15) is 11.5 Å². The number of nitrogens with one attached hydrogen (secondary N) is 1. The van der Waals surface area contributed by atoms with Crippen molar-refractivity contribution in [2.24, 2.45) is 0 Å². The minimum atomic E-state index is -0.0828. The number of amides is 1. The Bertz CT molecular complexity index is 672. The van der Waals surface area contributed by atoms with Crippen molar-refractivity contribution in [1.29, 1.82) is 0 Å². The Hall–Kier alpha value is -2.17. The van der Waals surface area contributed by atoms with E-state index in [9.17, 15) is 4.79 Å². The first-order valence-electron chi connectivity index (χ1n) is 7.13. The third kappa shape index (κ3) is 1.90. The van der Waals surface area contributed by atoms with E-state index in [0.717, 1.165) is 36.6 Å². The number of anilines is 1. The molecular formula is C15H16N4O. The molecule has 0 spiro atoms. The van der Waals surface area contributed by atoms with E-state index in [0.29, 0.717) is 11.6 Å². The van der Waals surface area contributed by atoms with Crippen molar-refractivity contribution in [3.05, 3.63) is 41.7 Å². The van der Waals surface area contributed by atoms with Crippen LogP contribution in [0.25, 0.3) is 0 Å². The van der Waals surface area contributed by atoms with Crippen LogP contribution in [0.15, 0.2) is 24.5 Å². The van der Waals surface area contributed by atoms with Gasteiger partial charge in [0.2, 0.25) is 0 Å². The summed E-state index contributed by atoms with van der Waals surface area (Å²) in [5.74, 6) is 1.45. The molecule has 3 heterocycles. The Morgan fingerprint density at radius 2 is 2.25 bits per heavy atom. The van der Waals surface area contributed by atoms with Crippen molar-refractivity contribution < 1.29 is 4.79 Å². The summed E-state index contributed by atoms with van der Waals surface area (Å²) in [5.41, 5.74) is 2.51. The molecule has 5 nitrogen and oxygen atoms in total. The molecule has 1 aliphatic heterocycles. The van der Waals surface area contributed by atoms with Gasteiger partial charge in [0.25, 0.3) is 5.91 Å². The van der Waals surface area contributed by atoms with Crippen LogP contribution in [0, 0.1) is 0 Å². The van der Waals surface area contributed by atoms with Gasteiger partial charge in [0.15, 0.2) is 0 Å². The molecule has 0 saturated heterocycles. The highest BCUT2D eigenvalue weighted by Gasteiger charge is 2.28. The molecule has 1 aliphatic carbocycles. The second kappa shape index (κ2) is 4.44. The second-order valence-corrected chi connectivity index (χ2v) is 5.48. The number of carbonyl (C=O) groups excluding carboxylic acids is 1. The quantitative estimate of drug-likeness (QED) is 0.929. The van der Waals surface area contributed by atoms with E-state index in [1.54, 1.807) is 12.4 Å². The van der Waals surface area contributed by atoms with Gasteiger partial charge in [-0.25, -0.2) is 4.98 Å². The molecule has 1 saturated carbocycles. The van der Waals surface area contributed by atoms with E-state index in [4.69, 9.17) is 0 Å². The topological polar surface area (TPSA) is 59.8 Å². The molecule has 0 atom stereocenters. The van der Waals surface area contributed by atoms with E-state index in [-0.39, 0.29) is 5.91 Å². The molecule has 2 aromatic heterocycles. The molecule has 20 heavy (non-hydrogen) atoms. The van der Waals surface area contributed by atoms with Crippen molar-refractivity contribution in [2.45, 2.75) is 38.1 Å². The van der Waals surface area contributed by atoms with Gasteiger partial charge in [0, 0.05) is 25.1 Å². The molecule has 0 bridgehead atoms. The van der Waals surface area contributed by atoms with Crippen molar-refractivity contribution in [1.82, 2.24) is 14.5 Å². The summed E-state index contributed by atoms with van der Waals surface area (Å²) in [7, 11) is 0. The third-order valence-electron chi connectivity index (χ3n) is 4.00. The summed E-state index contributed by atoms with van der Waals surface area (Å²) in [6, 6.07) is 3.79. The SMILES string of the molecule is O=C(Nc1cccnc1C1CC1)c1cnc2n1CCC2. The summed E-state index contributed by atoms with van der Waals surface area (Å²) in [6.45, 7) is 0.889. The molecule has 1 fully saturated rings. The van der Waals surface area contributed by atoms with Crippen LogP contribution in [-0.2, 0) is 13.0 Å². The van der Waals surface area contributed by atoms with Crippen LogP contribution >= 0.6 is 0 Å². The van der Waals surface area contributed by atoms with Crippen LogP contribution in [-0.4, -0.2) is 20.4 Å². The first-order valence-corrected chi connectivity index (χ1v) is 7.13. The monoisotopic (exact) mass is 268 g/mol. The molecule has 1 amide bonds. The number of hydrogen-bond acceptors (Lipinski definition) is 3. The summed E-state index contributed by atoms with van der Waals surface area (Å²) in [4.78, 5) is 21.2. The molecule has 0 aromatic carbocycles. The molecule has 4 rings (SSSR count). The standard InChI is InChI=1S/C15H16N4O/c20-15(12-9-17-13-4-2-8-19(12)13)18-11-3-1-7-16-14(11)10-5-6-10/h1,3,7,9-10H,2,4-6,8H2,(H,18,20). The van der Waals surface area contributed by atoms with Gasteiger partial charge >= 0.3 is 0 Å². The minimum absolute atomic E-state index is 0.0828. The zero-order valence-electron chi connectivity index (χ0n) is 11.2. The molecule has 2 aromatic rings. The van der Waals surface area contributed by atoms with Gasteiger partial charge in [-0.1, -0.05) is 0 Å². The first kappa shape index (κ1) is 11.6. The highest BCUT2D eigenvalue weighted by atomic mass is 16.2. The third-order valence-corrected chi connectivity index (χ3v) is 4.00. The number of carbonyl (C=O) groups is 1. The number of pyridine rings is 1. The average Bonchev–Trinajstić information content (AvgIpc) is 3.05. The van der Waals surface area contributed by atoms with Crippen LogP contribution < -0.4 is 5.32 Å². The molecule has 5 heteroatoms. The van der Waals surface area contributed by atoms with Gasteiger partial charge in [-0.3, -0.25) is 9.78 Å². The number of nitrogens with zero attached hydrogens (tertiary/aromatic N) is 3. The smallest absolute Gasteiger partial charge is 0.273 e. The Morgan fingerprint density at radius 1 is 1.35 bits per heavy atom. The second-order valence-electron chi connectivity index (χ2n) is 5.48. The fraction of sp³-hybridized carbons (Fsp3) is 0.400. The van der Waals surface area contributed by atoms with Crippen LogP contribution in [0.1, 0.15) is 47.2 Å². The summed E-state index contributed by atoms with van der Waals surface area (Å²) < 4.78 is 2.02. The highest BCUT2D eigenvalue weighted by Crippen LogP contribution is 2.42. The normalized spacial score (nSPS) is 17.0. The maximum Gasteiger partial charge on any atom is 0.273 e. The van der Waals surface area contributed by atoms with Crippen LogP contribution in [0.4, 0.5) is 5.69 Å². The number of hydrogen-bond donors (Lipinski definition) is 1. The van der Waals surface area contributed by atoms with Crippen molar-refractivity contribution in [3.63, 3.8) is 0 Å². The van der Waals surface area contributed by atoms with E-state index < -0.39 is 0 Å². The Kier molecular flexibility index (Phi) is 2.58. The van der Waals surface area contributed by atoms with Gasteiger partial charge < -0.3 is 9.88 Å². The van der Waals surface area contributed by atoms with Crippen molar-refractivity contribution >= 4 is 11.6 Å². The van der Waals surface area contributed by atoms with E-state index >= 15 is 0 Å². The fourth-order valence-electron chi connectivity index (χ4n) is 2.83. The highest BCUT2D eigenvalue weighted by molar-refractivity contribution is 6.03. The largest absolute Gasteiger partial charge is 0.324 e. The van der Waals surface area contributed by atoms with Crippen LogP contribution in [0.5, 0.6) is 0 Å². The van der Waals surface area contributed by atoms with E-state index in [2.05, 4.69) is 15.3 Å². The Balaban J connectivity index is 1.61. The number of aryl methyl sites for hydroxylation is 1. The Labute approximate surface area is 117 Å². The zero-order valence-corrected chi connectivity index (χ0v) is 11.2. The molecule has 0 unspecified atom stereocenters. The lowest BCUT2D eigenvalue weighted by molar-refractivity contribution is 0.101. The van der Waals surface area contributed by atoms with Gasteiger partial charge in [-0.2, -0.15) is 0 Å². The molecule has 0 radical (unpaired) electrons. The Morgan fingerprint density at radius 3 is 3.10 bits per heavy atom. The van der Waals surface area contributed by atoms with Crippen molar-refractivity contribution in [2.75, 3.05) is 5.32 Å². The summed E-state index contributed by atoms with van der Waals surface area (Å²) >= 11 is 0. The number of rotatable bonds is 3. The summed E-state index contributed by atoms with van der Waals surface area (Å²) in [5, 5.41) is 3.00. The lowest BCUT2D eigenvalue weighted by Gasteiger charge is -2.10. The first-order chi connectivity index (χ1) is 9.83. The minimum Gasteiger partial charge on any atom is -0.324 e. The molecular weight excluding hydrogens is 252 g/mol. The lowest BCUT2D eigenvalue weighted by Crippen LogP contribution is -2.17. The fourth-order valence-corrected chi connectivity index (χ4v) is 2.83. The molecule has 1 N–H and O–H groups in total.